The van der Waals surface area contributed by atoms with Crippen molar-refractivity contribution in [1.29, 1.82) is 0 Å². The molecule has 2 aliphatic rings. The van der Waals surface area contributed by atoms with Crippen molar-refractivity contribution in [3.8, 4) is 11.5 Å². The molecule has 0 radical (unpaired) electrons. The van der Waals surface area contributed by atoms with E-state index in [9.17, 15) is 4.79 Å². The quantitative estimate of drug-likeness (QED) is 0.694. The number of fused-ring (bicyclic) bond motifs is 1. The molecular weight excluding hydrogens is 374 g/mol. The Balaban J connectivity index is 1.63. The van der Waals surface area contributed by atoms with Crippen LogP contribution in [0.2, 0.25) is 0 Å². The Labute approximate surface area is 168 Å². The van der Waals surface area contributed by atoms with E-state index in [0.717, 1.165) is 16.8 Å². The summed E-state index contributed by atoms with van der Waals surface area (Å²) in [5, 5.41) is 9.58. The third-order valence-electron chi connectivity index (χ3n) is 4.80. The van der Waals surface area contributed by atoms with Crippen LogP contribution in [0.1, 0.15) is 17.2 Å². The minimum Gasteiger partial charge on any atom is -0.486 e. The largest absolute Gasteiger partial charge is 0.486 e. The number of rotatable bonds is 3. The Hall–Kier alpha value is -3.06. The lowest BCUT2D eigenvalue weighted by atomic mass is 9.88. The summed E-state index contributed by atoms with van der Waals surface area (Å²) in [6.07, 6.45) is 0. The number of ether oxygens (including phenoxy) is 2. The highest BCUT2D eigenvalue weighted by Crippen LogP contribution is 2.37. The minimum absolute atomic E-state index is 0.170. The van der Waals surface area contributed by atoms with Crippen LogP contribution in [0.4, 0.5) is 5.69 Å². The normalized spacial score (nSPS) is 20.8. The SMILES string of the molecule is C=C1NC(=S)N[C@H](c2ccc3c(c2)OCCO3)[C@@H]1C(=O)Nc1ccc(C)cc1. The summed E-state index contributed by atoms with van der Waals surface area (Å²) in [5.41, 5.74) is 3.28. The Morgan fingerprint density at radius 2 is 1.86 bits per heavy atom. The van der Waals surface area contributed by atoms with Crippen LogP contribution >= 0.6 is 12.2 Å². The molecule has 28 heavy (non-hydrogen) atoms. The molecule has 2 aromatic rings. The average molecular weight is 395 g/mol. The molecule has 0 unspecified atom stereocenters. The zero-order valence-electron chi connectivity index (χ0n) is 15.5. The Morgan fingerprint density at radius 3 is 2.61 bits per heavy atom. The number of thiocarbonyl (C=S) groups is 1. The Morgan fingerprint density at radius 1 is 1.14 bits per heavy atom. The van der Waals surface area contributed by atoms with Crippen LogP contribution in [0.3, 0.4) is 0 Å². The van der Waals surface area contributed by atoms with Gasteiger partial charge in [0.15, 0.2) is 16.6 Å². The zero-order chi connectivity index (χ0) is 19.7. The highest BCUT2D eigenvalue weighted by molar-refractivity contribution is 7.80. The van der Waals surface area contributed by atoms with Crippen molar-refractivity contribution in [2.24, 2.45) is 5.92 Å². The van der Waals surface area contributed by atoms with E-state index >= 15 is 0 Å². The first kappa shape index (κ1) is 18.3. The van der Waals surface area contributed by atoms with Gasteiger partial charge in [0.1, 0.15) is 19.1 Å². The third-order valence-corrected chi connectivity index (χ3v) is 5.02. The van der Waals surface area contributed by atoms with Gasteiger partial charge in [0.05, 0.1) is 6.04 Å². The third kappa shape index (κ3) is 3.66. The number of carbonyl (C=O) groups excluding carboxylic acids is 1. The van der Waals surface area contributed by atoms with Crippen LogP contribution in [0.15, 0.2) is 54.7 Å². The molecule has 0 aromatic heterocycles. The second-order valence-electron chi connectivity index (χ2n) is 6.84. The molecule has 7 heteroatoms. The first-order valence-electron chi connectivity index (χ1n) is 9.04. The smallest absolute Gasteiger partial charge is 0.235 e. The molecule has 4 rings (SSSR count). The highest BCUT2D eigenvalue weighted by Gasteiger charge is 2.37. The molecule has 3 N–H and O–H groups in total. The molecule has 0 bridgehead atoms. The molecule has 0 saturated carbocycles. The number of hydrogen-bond donors (Lipinski definition) is 3. The fraction of sp³-hybridized carbons (Fsp3) is 0.238. The number of nitrogens with one attached hydrogen (secondary N) is 3. The fourth-order valence-corrected chi connectivity index (χ4v) is 3.64. The van der Waals surface area contributed by atoms with Gasteiger partial charge in [-0.2, -0.15) is 0 Å². The molecule has 1 fully saturated rings. The van der Waals surface area contributed by atoms with Crippen molar-refractivity contribution in [1.82, 2.24) is 10.6 Å². The van der Waals surface area contributed by atoms with E-state index < -0.39 is 5.92 Å². The lowest BCUT2D eigenvalue weighted by Crippen LogP contribution is -2.51. The van der Waals surface area contributed by atoms with E-state index in [1.165, 1.54) is 0 Å². The number of amides is 1. The van der Waals surface area contributed by atoms with E-state index in [2.05, 4.69) is 22.5 Å². The maximum absolute atomic E-state index is 13.1. The van der Waals surface area contributed by atoms with E-state index in [4.69, 9.17) is 21.7 Å². The molecule has 6 nitrogen and oxygen atoms in total. The predicted octanol–water partition coefficient (Wildman–Crippen LogP) is 3.05. The summed E-state index contributed by atoms with van der Waals surface area (Å²) in [7, 11) is 0. The second-order valence-corrected chi connectivity index (χ2v) is 7.25. The zero-order valence-corrected chi connectivity index (χ0v) is 16.3. The minimum atomic E-state index is -0.560. The summed E-state index contributed by atoms with van der Waals surface area (Å²) in [5.74, 6) is 0.635. The van der Waals surface area contributed by atoms with E-state index in [-0.39, 0.29) is 11.9 Å². The Bertz CT molecular complexity index is 942. The average Bonchev–Trinajstić information content (AvgIpc) is 2.68. The van der Waals surface area contributed by atoms with Crippen LogP contribution in [-0.4, -0.2) is 24.2 Å². The number of aryl methyl sites for hydroxylation is 1. The molecule has 2 aliphatic heterocycles. The van der Waals surface area contributed by atoms with Gasteiger partial charge < -0.3 is 25.4 Å². The fourth-order valence-electron chi connectivity index (χ4n) is 3.38. The van der Waals surface area contributed by atoms with Gasteiger partial charge in [0, 0.05) is 11.4 Å². The van der Waals surface area contributed by atoms with Crippen LogP contribution in [0.25, 0.3) is 0 Å². The molecule has 2 atom stereocenters. The van der Waals surface area contributed by atoms with Gasteiger partial charge in [-0.05, 0) is 49.0 Å². The predicted molar refractivity (Wildman–Crippen MR) is 111 cm³/mol. The van der Waals surface area contributed by atoms with Gasteiger partial charge in [0.25, 0.3) is 0 Å². The maximum Gasteiger partial charge on any atom is 0.235 e. The molecule has 1 amide bonds. The van der Waals surface area contributed by atoms with E-state index in [0.29, 0.717) is 35.5 Å². The standard InChI is InChI=1S/C21H21N3O3S/c1-12-3-6-15(7-4-12)23-20(25)18-13(2)22-21(28)24-19(18)14-5-8-16-17(11-14)27-10-9-26-16/h3-8,11,18-19H,2,9-10H2,1H3,(H,23,25)(H2,22,24,28)/t18-,19-/m1/s1. The number of carbonyl (C=O) groups is 1. The first-order chi connectivity index (χ1) is 13.5. The highest BCUT2D eigenvalue weighted by atomic mass is 32.1. The number of benzene rings is 2. The van der Waals surface area contributed by atoms with Crippen molar-refractivity contribution in [2.45, 2.75) is 13.0 Å². The van der Waals surface area contributed by atoms with Crippen molar-refractivity contribution < 1.29 is 14.3 Å². The lowest BCUT2D eigenvalue weighted by molar-refractivity contribution is -0.119. The first-order valence-corrected chi connectivity index (χ1v) is 9.45. The molecule has 0 aliphatic carbocycles. The summed E-state index contributed by atoms with van der Waals surface area (Å²) < 4.78 is 11.3. The van der Waals surface area contributed by atoms with Crippen molar-refractivity contribution in [3.63, 3.8) is 0 Å². The summed E-state index contributed by atoms with van der Waals surface area (Å²) >= 11 is 5.29. The van der Waals surface area contributed by atoms with E-state index in [1.807, 2.05) is 49.4 Å². The number of hydrogen-bond acceptors (Lipinski definition) is 4. The molecular formula is C21H21N3O3S. The van der Waals surface area contributed by atoms with Gasteiger partial charge in [-0.15, -0.1) is 0 Å². The van der Waals surface area contributed by atoms with Crippen LogP contribution in [-0.2, 0) is 4.79 Å². The summed E-state index contributed by atoms with van der Waals surface area (Å²) in [6.45, 7) is 7.06. The van der Waals surface area contributed by atoms with Crippen molar-refractivity contribution >= 4 is 28.9 Å². The topological polar surface area (TPSA) is 71.6 Å². The van der Waals surface area contributed by atoms with Crippen LogP contribution < -0.4 is 25.4 Å². The van der Waals surface area contributed by atoms with E-state index in [1.54, 1.807) is 0 Å². The molecule has 2 aromatic carbocycles. The van der Waals surface area contributed by atoms with Gasteiger partial charge in [-0.25, -0.2) is 0 Å². The van der Waals surface area contributed by atoms with Gasteiger partial charge >= 0.3 is 0 Å². The molecule has 144 valence electrons. The molecule has 2 heterocycles. The Kier molecular flexibility index (Phi) is 4.92. The summed E-state index contributed by atoms with van der Waals surface area (Å²) in [4.78, 5) is 13.1. The van der Waals surface area contributed by atoms with Crippen molar-refractivity contribution in [3.05, 3.63) is 65.9 Å². The van der Waals surface area contributed by atoms with Crippen LogP contribution in [0, 0.1) is 12.8 Å². The number of anilines is 1. The van der Waals surface area contributed by atoms with Crippen molar-refractivity contribution in [2.75, 3.05) is 18.5 Å². The van der Waals surface area contributed by atoms with Gasteiger partial charge in [-0.1, -0.05) is 30.3 Å². The molecule has 0 spiro atoms. The second kappa shape index (κ2) is 7.52. The lowest BCUT2D eigenvalue weighted by Gasteiger charge is -2.35. The van der Waals surface area contributed by atoms with Crippen LogP contribution in [0.5, 0.6) is 11.5 Å². The summed E-state index contributed by atoms with van der Waals surface area (Å²) in [6, 6.07) is 13.0. The monoisotopic (exact) mass is 395 g/mol. The van der Waals surface area contributed by atoms with Gasteiger partial charge in [-0.3, -0.25) is 4.79 Å². The molecule has 1 saturated heterocycles. The van der Waals surface area contributed by atoms with Gasteiger partial charge in [0.2, 0.25) is 5.91 Å². The maximum atomic E-state index is 13.1.